The predicted octanol–water partition coefficient (Wildman–Crippen LogP) is -1.36. The van der Waals surface area contributed by atoms with Crippen LogP contribution in [0, 0.1) is 0 Å². The fraction of sp³-hybridized carbons (Fsp3) is 0.417. The van der Waals surface area contributed by atoms with Crippen molar-refractivity contribution in [3.05, 3.63) is 35.4 Å². The van der Waals surface area contributed by atoms with Gasteiger partial charge in [-0.3, -0.25) is 0 Å². The zero-order valence-electron chi connectivity index (χ0n) is 9.80. The molecule has 0 amide bonds. The number of carboxylic acid groups (broad SMARTS) is 1. The second-order valence-corrected chi connectivity index (χ2v) is 4.39. The highest BCUT2D eigenvalue weighted by Crippen LogP contribution is 2.33. The maximum Gasteiger partial charge on any atom is 0.335 e. The van der Waals surface area contributed by atoms with Crippen molar-refractivity contribution >= 4 is 5.97 Å². The topological polar surface area (TPSA) is 127 Å². The molecule has 1 aliphatic rings. The van der Waals surface area contributed by atoms with Crippen LogP contribution in [-0.2, 0) is 10.5 Å². The number of hydrogen-bond acceptors (Lipinski definition) is 6. The second-order valence-electron chi connectivity index (χ2n) is 4.39. The summed E-state index contributed by atoms with van der Waals surface area (Å²) in [6, 6.07) is 5.03. The summed E-state index contributed by atoms with van der Waals surface area (Å²) in [5, 5.41) is 47.7. The summed E-state index contributed by atoms with van der Waals surface area (Å²) >= 11 is 0. The molecule has 0 radical (unpaired) electrons. The van der Waals surface area contributed by atoms with Gasteiger partial charge in [-0.25, -0.2) is 4.79 Å². The van der Waals surface area contributed by atoms with Crippen LogP contribution in [0.15, 0.2) is 24.3 Å². The van der Waals surface area contributed by atoms with Crippen LogP contribution in [0.5, 0.6) is 0 Å². The molecule has 0 bridgehead atoms. The van der Waals surface area contributed by atoms with E-state index in [2.05, 4.69) is 0 Å². The van der Waals surface area contributed by atoms with Gasteiger partial charge in [-0.05, 0) is 12.1 Å². The maximum atomic E-state index is 10.7. The largest absolute Gasteiger partial charge is 0.478 e. The monoisotopic (exact) mass is 270 g/mol. The Bertz CT molecular complexity index is 471. The van der Waals surface area contributed by atoms with Gasteiger partial charge in [-0.2, -0.15) is 0 Å². The van der Waals surface area contributed by atoms with Gasteiger partial charge < -0.3 is 30.3 Å². The van der Waals surface area contributed by atoms with Gasteiger partial charge in [0.05, 0.1) is 12.2 Å². The zero-order chi connectivity index (χ0) is 14.2. The number of aliphatic hydroxyl groups excluding tert-OH is 3. The van der Waals surface area contributed by atoms with Crippen LogP contribution in [0.2, 0.25) is 0 Å². The first-order valence-electron chi connectivity index (χ1n) is 5.60. The third kappa shape index (κ3) is 2.34. The minimum atomic E-state index is -2.18. The molecule has 0 aromatic heterocycles. The van der Waals surface area contributed by atoms with Crippen LogP contribution in [-0.4, -0.2) is 56.4 Å². The van der Waals surface area contributed by atoms with Crippen molar-refractivity contribution < 1.29 is 35.1 Å². The van der Waals surface area contributed by atoms with E-state index in [0.717, 1.165) is 0 Å². The minimum Gasteiger partial charge on any atom is -0.478 e. The number of aliphatic hydroxyl groups is 4. The molecule has 0 spiro atoms. The zero-order valence-corrected chi connectivity index (χ0v) is 9.80. The highest BCUT2D eigenvalue weighted by Gasteiger charge is 2.49. The molecule has 1 aromatic rings. The van der Waals surface area contributed by atoms with Crippen LogP contribution in [0.1, 0.15) is 15.9 Å². The fourth-order valence-corrected chi connectivity index (χ4v) is 1.94. The van der Waals surface area contributed by atoms with E-state index >= 15 is 0 Å². The summed E-state index contributed by atoms with van der Waals surface area (Å²) < 4.78 is 4.99. The molecule has 1 aliphatic heterocycles. The molecule has 1 heterocycles. The van der Waals surface area contributed by atoms with Gasteiger partial charge in [0, 0.05) is 5.56 Å². The molecule has 1 fully saturated rings. The van der Waals surface area contributed by atoms with Crippen LogP contribution in [0.4, 0.5) is 0 Å². The lowest BCUT2D eigenvalue weighted by atomic mass is 9.91. The van der Waals surface area contributed by atoms with Gasteiger partial charge in [0.15, 0.2) is 0 Å². The molecule has 2 rings (SSSR count). The Labute approximate surface area is 108 Å². The number of benzene rings is 1. The molecule has 0 saturated carbocycles. The van der Waals surface area contributed by atoms with Crippen molar-refractivity contribution in [2.24, 2.45) is 0 Å². The molecule has 7 heteroatoms. The highest BCUT2D eigenvalue weighted by molar-refractivity contribution is 5.87. The van der Waals surface area contributed by atoms with Gasteiger partial charge in [0.2, 0.25) is 5.79 Å². The van der Waals surface area contributed by atoms with Crippen LogP contribution < -0.4 is 0 Å². The van der Waals surface area contributed by atoms with Crippen molar-refractivity contribution in [3.63, 3.8) is 0 Å². The van der Waals surface area contributed by atoms with E-state index < -0.39 is 30.1 Å². The molecule has 0 unspecified atom stereocenters. The van der Waals surface area contributed by atoms with Crippen LogP contribution in [0.25, 0.3) is 0 Å². The number of ether oxygens (including phenoxy) is 1. The number of rotatable bonds is 2. The highest BCUT2D eigenvalue weighted by atomic mass is 16.6. The molecule has 104 valence electrons. The van der Waals surface area contributed by atoms with Gasteiger partial charge >= 0.3 is 5.97 Å². The van der Waals surface area contributed by atoms with Crippen molar-refractivity contribution in [2.75, 3.05) is 6.61 Å². The molecule has 19 heavy (non-hydrogen) atoms. The fourth-order valence-electron chi connectivity index (χ4n) is 1.94. The third-order valence-corrected chi connectivity index (χ3v) is 3.14. The lowest BCUT2D eigenvalue weighted by molar-refractivity contribution is -0.329. The first-order valence-corrected chi connectivity index (χ1v) is 5.60. The van der Waals surface area contributed by atoms with Gasteiger partial charge in [0.25, 0.3) is 0 Å². The quantitative estimate of drug-likeness (QED) is 0.449. The summed E-state index contributed by atoms with van der Waals surface area (Å²) in [7, 11) is 0. The summed E-state index contributed by atoms with van der Waals surface area (Å²) in [5.74, 6) is -3.31. The standard InChI is InChI=1S/C12H14O7/c13-8-5-19-12(18,10(15)9(8)14)7-3-1-6(2-4-7)11(16)17/h1-4,8-10,13-15,18H,5H2,(H,16,17)/t8-,9+,10-,12+/m1/s1. The van der Waals surface area contributed by atoms with Gasteiger partial charge in [0.1, 0.15) is 18.3 Å². The number of hydrogen-bond donors (Lipinski definition) is 5. The summed E-state index contributed by atoms with van der Waals surface area (Å²) in [6.07, 6.45) is -4.60. The lowest BCUT2D eigenvalue weighted by Gasteiger charge is -2.41. The molecule has 4 atom stereocenters. The molecule has 0 aliphatic carbocycles. The number of carbonyl (C=O) groups is 1. The molecular formula is C12H14O7. The molecule has 1 aromatic carbocycles. The molecule has 5 N–H and O–H groups in total. The molecular weight excluding hydrogens is 256 g/mol. The van der Waals surface area contributed by atoms with Crippen molar-refractivity contribution in [2.45, 2.75) is 24.1 Å². The van der Waals surface area contributed by atoms with Gasteiger partial charge in [-0.1, -0.05) is 12.1 Å². The maximum absolute atomic E-state index is 10.7. The lowest BCUT2D eigenvalue weighted by Crippen LogP contribution is -2.59. The Morgan fingerprint density at radius 3 is 2.32 bits per heavy atom. The Hall–Kier alpha value is -1.51. The molecule has 1 saturated heterocycles. The smallest absolute Gasteiger partial charge is 0.335 e. The van der Waals surface area contributed by atoms with Crippen LogP contribution >= 0.6 is 0 Å². The summed E-state index contributed by atoms with van der Waals surface area (Å²) in [6.45, 7) is -0.352. The molecule has 7 nitrogen and oxygen atoms in total. The Morgan fingerprint density at radius 2 is 1.79 bits per heavy atom. The minimum absolute atomic E-state index is 0.0123. The Kier molecular flexibility index (Phi) is 3.57. The van der Waals surface area contributed by atoms with E-state index in [4.69, 9.17) is 9.84 Å². The summed E-state index contributed by atoms with van der Waals surface area (Å²) in [5.41, 5.74) is 0.106. The Balaban J connectivity index is 2.31. The van der Waals surface area contributed by atoms with E-state index in [1.807, 2.05) is 0 Å². The van der Waals surface area contributed by atoms with Crippen LogP contribution in [0.3, 0.4) is 0 Å². The third-order valence-electron chi connectivity index (χ3n) is 3.14. The SMILES string of the molecule is O=C(O)c1ccc([C@]2(O)OC[C@@H](O)[C@H](O)[C@H]2O)cc1. The first kappa shape index (κ1) is 13.9. The predicted molar refractivity (Wildman–Crippen MR) is 61.3 cm³/mol. The normalized spacial score (nSPS) is 35.1. The van der Waals surface area contributed by atoms with E-state index in [1.165, 1.54) is 24.3 Å². The first-order chi connectivity index (χ1) is 8.86. The van der Waals surface area contributed by atoms with E-state index in [0.29, 0.717) is 0 Å². The Morgan fingerprint density at radius 1 is 1.21 bits per heavy atom. The van der Waals surface area contributed by atoms with E-state index in [1.54, 1.807) is 0 Å². The second kappa shape index (κ2) is 4.87. The van der Waals surface area contributed by atoms with Gasteiger partial charge in [-0.15, -0.1) is 0 Å². The van der Waals surface area contributed by atoms with Crippen molar-refractivity contribution in [3.8, 4) is 0 Å². The van der Waals surface area contributed by atoms with E-state index in [-0.39, 0.29) is 17.7 Å². The van der Waals surface area contributed by atoms with E-state index in [9.17, 15) is 25.2 Å². The average Bonchev–Trinajstić information content (AvgIpc) is 2.41. The number of carboxylic acids is 1. The van der Waals surface area contributed by atoms with Crippen molar-refractivity contribution in [1.29, 1.82) is 0 Å². The summed E-state index contributed by atoms with van der Waals surface area (Å²) in [4.78, 5) is 10.7. The van der Waals surface area contributed by atoms with Crippen molar-refractivity contribution in [1.82, 2.24) is 0 Å². The average molecular weight is 270 g/mol. The number of aromatic carboxylic acids is 1.